The maximum atomic E-state index is 12.7. The quantitative estimate of drug-likeness (QED) is 0.760. The van der Waals surface area contributed by atoms with Gasteiger partial charge in [0.25, 0.3) is 5.91 Å². The summed E-state index contributed by atoms with van der Waals surface area (Å²) in [6.07, 6.45) is 2.22. The van der Waals surface area contributed by atoms with E-state index in [1.807, 2.05) is 4.68 Å². The molecule has 2 aliphatic rings. The molecule has 27 heavy (non-hydrogen) atoms. The van der Waals surface area contributed by atoms with E-state index in [9.17, 15) is 13.6 Å². The van der Waals surface area contributed by atoms with Gasteiger partial charge in [-0.25, -0.2) is 4.68 Å². The molecule has 1 saturated carbocycles. The van der Waals surface area contributed by atoms with Crippen molar-refractivity contribution in [3.8, 4) is 5.75 Å². The predicted molar refractivity (Wildman–Crippen MR) is 90.3 cm³/mol. The molecular weight excluding hydrogens is 358 g/mol. The molecular formula is C17H20F2N6O2. The van der Waals surface area contributed by atoms with Gasteiger partial charge in [0.1, 0.15) is 5.75 Å². The van der Waals surface area contributed by atoms with E-state index >= 15 is 0 Å². The van der Waals surface area contributed by atoms with Crippen LogP contribution in [0.4, 0.5) is 8.78 Å². The molecule has 4 rings (SSSR count). The van der Waals surface area contributed by atoms with Crippen LogP contribution in [0.1, 0.15) is 35.1 Å². The third kappa shape index (κ3) is 4.05. The minimum absolute atomic E-state index is 0.0939. The van der Waals surface area contributed by atoms with Gasteiger partial charge in [-0.1, -0.05) is 12.1 Å². The summed E-state index contributed by atoms with van der Waals surface area (Å²) in [6.45, 7) is 0.0201. The Bertz CT molecular complexity index is 802. The van der Waals surface area contributed by atoms with Crippen LogP contribution >= 0.6 is 0 Å². The Morgan fingerprint density at radius 1 is 1.19 bits per heavy atom. The fourth-order valence-corrected chi connectivity index (χ4v) is 3.24. The van der Waals surface area contributed by atoms with Crippen LogP contribution in [0.25, 0.3) is 0 Å². The molecule has 1 aromatic carbocycles. The first kappa shape index (κ1) is 17.8. The Labute approximate surface area is 154 Å². The van der Waals surface area contributed by atoms with Crippen LogP contribution in [0.15, 0.2) is 24.3 Å². The molecule has 2 heterocycles. The minimum atomic E-state index is -2.96. The fourth-order valence-electron chi connectivity index (χ4n) is 3.24. The number of piperazine rings is 1. The van der Waals surface area contributed by atoms with Crippen LogP contribution in [-0.4, -0.2) is 68.7 Å². The Hall–Kier alpha value is -2.62. The zero-order valence-electron chi connectivity index (χ0n) is 14.7. The van der Waals surface area contributed by atoms with Crippen molar-refractivity contribution >= 4 is 5.91 Å². The molecule has 2 aromatic rings. The molecule has 1 aliphatic carbocycles. The van der Waals surface area contributed by atoms with E-state index in [-0.39, 0.29) is 17.2 Å². The van der Waals surface area contributed by atoms with Gasteiger partial charge in [0.2, 0.25) is 0 Å². The highest BCUT2D eigenvalue weighted by Crippen LogP contribution is 2.34. The van der Waals surface area contributed by atoms with Crippen LogP contribution in [0.2, 0.25) is 0 Å². The molecule has 144 valence electrons. The first-order valence-corrected chi connectivity index (χ1v) is 8.94. The summed E-state index contributed by atoms with van der Waals surface area (Å²) < 4.78 is 31.5. The first-order chi connectivity index (χ1) is 13.1. The van der Waals surface area contributed by atoms with Crippen molar-refractivity contribution in [1.82, 2.24) is 30.0 Å². The van der Waals surface area contributed by atoms with Crippen molar-refractivity contribution < 1.29 is 18.3 Å². The molecule has 1 saturated heterocycles. The smallest absolute Gasteiger partial charge is 0.387 e. The van der Waals surface area contributed by atoms with E-state index in [1.54, 1.807) is 17.0 Å². The highest BCUT2D eigenvalue weighted by atomic mass is 19.3. The van der Waals surface area contributed by atoms with E-state index in [0.717, 1.165) is 18.7 Å². The van der Waals surface area contributed by atoms with Crippen molar-refractivity contribution in [2.24, 2.45) is 0 Å². The summed E-state index contributed by atoms with van der Waals surface area (Å²) in [5.74, 6) is 0.449. The summed E-state index contributed by atoms with van der Waals surface area (Å²) in [5.41, 5.74) is 0.156. The second-order valence-electron chi connectivity index (χ2n) is 6.71. The van der Waals surface area contributed by atoms with Crippen LogP contribution in [0.5, 0.6) is 5.75 Å². The van der Waals surface area contributed by atoms with Gasteiger partial charge in [0.05, 0.1) is 18.2 Å². The largest absolute Gasteiger partial charge is 0.434 e. The van der Waals surface area contributed by atoms with E-state index in [2.05, 4.69) is 25.2 Å². The number of tetrazole rings is 1. The molecule has 10 heteroatoms. The van der Waals surface area contributed by atoms with Crippen LogP contribution in [0, 0.1) is 0 Å². The van der Waals surface area contributed by atoms with Gasteiger partial charge < -0.3 is 9.64 Å². The van der Waals surface area contributed by atoms with Gasteiger partial charge in [-0.3, -0.25) is 9.69 Å². The Kier molecular flexibility index (Phi) is 4.97. The van der Waals surface area contributed by atoms with Crippen molar-refractivity contribution in [3.05, 3.63) is 35.7 Å². The molecule has 0 atom stereocenters. The fraction of sp³-hybridized carbons (Fsp3) is 0.529. The second kappa shape index (κ2) is 7.55. The number of benzene rings is 1. The highest BCUT2D eigenvalue weighted by Gasteiger charge is 2.30. The second-order valence-corrected chi connectivity index (χ2v) is 6.71. The van der Waals surface area contributed by atoms with E-state index in [0.29, 0.717) is 38.8 Å². The van der Waals surface area contributed by atoms with Crippen molar-refractivity contribution in [2.45, 2.75) is 32.0 Å². The van der Waals surface area contributed by atoms with E-state index in [4.69, 9.17) is 0 Å². The maximum absolute atomic E-state index is 12.7. The summed E-state index contributed by atoms with van der Waals surface area (Å²) in [4.78, 5) is 16.6. The van der Waals surface area contributed by atoms with Crippen molar-refractivity contribution in [2.75, 3.05) is 26.2 Å². The number of halogens is 2. The summed E-state index contributed by atoms with van der Waals surface area (Å²) >= 11 is 0. The molecule has 2 fully saturated rings. The summed E-state index contributed by atoms with van der Waals surface area (Å²) in [6, 6.07) is 6.52. The third-order valence-electron chi connectivity index (χ3n) is 4.81. The lowest BCUT2D eigenvalue weighted by molar-refractivity contribution is -0.0503. The number of hydrogen-bond acceptors (Lipinski definition) is 6. The van der Waals surface area contributed by atoms with Crippen LogP contribution in [-0.2, 0) is 6.54 Å². The van der Waals surface area contributed by atoms with E-state index in [1.165, 1.54) is 12.1 Å². The van der Waals surface area contributed by atoms with Crippen molar-refractivity contribution in [3.63, 3.8) is 0 Å². The highest BCUT2D eigenvalue weighted by molar-refractivity contribution is 5.97. The van der Waals surface area contributed by atoms with Gasteiger partial charge in [-0.15, -0.1) is 5.10 Å². The molecule has 0 spiro atoms. The maximum Gasteiger partial charge on any atom is 0.387 e. The molecule has 1 aromatic heterocycles. The van der Waals surface area contributed by atoms with Gasteiger partial charge in [0, 0.05) is 26.2 Å². The number of carbonyl (C=O) groups excluding carboxylic acids is 1. The normalized spacial score (nSPS) is 18.1. The lowest BCUT2D eigenvalue weighted by atomic mass is 10.1. The third-order valence-corrected chi connectivity index (χ3v) is 4.81. The van der Waals surface area contributed by atoms with Gasteiger partial charge in [-0.05, 0) is 35.4 Å². The number of nitrogens with zero attached hydrogens (tertiary/aromatic N) is 6. The first-order valence-electron chi connectivity index (χ1n) is 8.94. The summed E-state index contributed by atoms with van der Waals surface area (Å²) in [7, 11) is 0. The number of rotatable bonds is 6. The molecule has 1 aliphatic heterocycles. The average Bonchev–Trinajstić information content (AvgIpc) is 3.41. The molecule has 0 radical (unpaired) electrons. The monoisotopic (exact) mass is 378 g/mol. The number of aromatic nitrogens is 4. The Balaban J connectivity index is 1.36. The number of para-hydroxylation sites is 1. The predicted octanol–water partition coefficient (Wildman–Crippen LogP) is 1.57. The number of hydrogen-bond donors (Lipinski definition) is 0. The summed E-state index contributed by atoms with van der Waals surface area (Å²) in [5, 5.41) is 11.9. The van der Waals surface area contributed by atoms with Crippen LogP contribution in [0.3, 0.4) is 0 Å². The number of ether oxygens (including phenoxy) is 1. The Morgan fingerprint density at radius 3 is 2.63 bits per heavy atom. The lowest BCUT2D eigenvalue weighted by Crippen LogP contribution is -2.48. The topological polar surface area (TPSA) is 76.4 Å². The lowest BCUT2D eigenvalue weighted by Gasteiger charge is -2.34. The zero-order chi connectivity index (χ0) is 18.8. The number of carbonyl (C=O) groups is 1. The molecule has 0 N–H and O–H groups in total. The number of amides is 1. The van der Waals surface area contributed by atoms with Crippen molar-refractivity contribution in [1.29, 1.82) is 0 Å². The molecule has 0 bridgehead atoms. The number of alkyl halides is 2. The van der Waals surface area contributed by atoms with Crippen LogP contribution < -0.4 is 4.74 Å². The SMILES string of the molecule is O=C(c1ccccc1OC(F)F)N1CCN(Cc2nnnn2C2CC2)CC1. The molecule has 8 nitrogen and oxygen atoms in total. The zero-order valence-corrected chi connectivity index (χ0v) is 14.7. The van der Waals surface area contributed by atoms with E-state index < -0.39 is 6.61 Å². The Morgan fingerprint density at radius 2 is 1.93 bits per heavy atom. The average molecular weight is 378 g/mol. The van der Waals surface area contributed by atoms with Gasteiger partial charge in [-0.2, -0.15) is 8.78 Å². The van der Waals surface area contributed by atoms with Gasteiger partial charge in [0.15, 0.2) is 5.82 Å². The standard InChI is InChI=1S/C17H20F2N6O2/c18-17(19)27-14-4-2-1-3-13(14)16(26)24-9-7-23(8-10-24)11-15-20-21-22-25(15)12-5-6-12/h1-4,12,17H,5-11H2. The minimum Gasteiger partial charge on any atom is -0.434 e. The van der Waals surface area contributed by atoms with Gasteiger partial charge >= 0.3 is 6.61 Å². The molecule has 1 amide bonds. The molecule has 0 unspecified atom stereocenters.